The number of nitrogens with zero attached hydrogens (tertiary/aromatic N) is 1. The molecule has 150 valence electrons. The van der Waals surface area contributed by atoms with Gasteiger partial charge in [-0.05, 0) is 49.2 Å². The van der Waals surface area contributed by atoms with Crippen molar-refractivity contribution in [2.45, 2.75) is 26.2 Å². The highest BCUT2D eigenvalue weighted by atomic mass is 16.5. The minimum atomic E-state index is -0.193. The second-order valence-corrected chi connectivity index (χ2v) is 6.93. The van der Waals surface area contributed by atoms with Gasteiger partial charge >= 0.3 is 0 Å². The van der Waals surface area contributed by atoms with E-state index in [1.807, 2.05) is 30.3 Å². The highest BCUT2D eigenvalue weighted by molar-refractivity contribution is 5.94. The van der Waals surface area contributed by atoms with E-state index in [1.54, 1.807) is 37.3 Å². The molecule has 28 heavy (non-hydrogen) atoms. The molecule has 0 saturated carbocycles. The smallest absolute Gasteiger partial charge is 0.238 e. The molecule has 0 bridgehead atoms. The van der Waals surface area contributed by atoms with Crippen molar-refractivity contribution in [3.63, 3.8) is 0 Å². The zero-order chi connectivity index (χ0) is 20.5. The Hall–Kier alpha value is -2.86. The van der Waals surface area contributed by atoms with E-state index in [0.29, 0.717) is 17.4 Å². The third kappa shape index (κ3) is 6.70. The van der Waals surface area contributed by atoms with Gasteiger partial charge in [-0.25, -0.2) is 0 Å². The van der Waals surface area contributed by atoms with Gasteiger partial charge < -0.3 is 15.4 Å². The summed E-state index contributed by atoms with van der Waals surface area (Å²) in [4.78, 5) is 26.1. The lowest BCUT2D eigenvalue weighted by atomic mass is 9.99. The van der Waals surface area contributed by atoms with Crippen LogP contribution in [0, 0.1) is 0 Å². The molecule has 0 aliphatic rings. The highest BCUT2D eigenvalue weighted by Crippen LogP contribution is 2.20. The molecule has 0 fully saturated rings. The van der Waals surface area contributed by atoms with Crippen molar-refractivity contribution in [3.05, 3.63) is 54.1 Å². The van der Waals surface area contributed by atoms with Crippen LogP contribution in [0.2, 0.25) is 0 Å². The van der Waals surface area contributed by atoms with Gasteiger partial charge in [-0.3, -0.25) is 14.5 Å². The molecule has 0 aliphatic heterocycles. The van der Waals surface area contributed by atoms with Gasteiger partial charge in [0.1, 0.15) is 5.75 Å². The number of amides is 2. The van der Waals surface area contributed by atoms with Crippen LogP contribution in [-0.4, -0.2) is 44.0 Å². The molecule has 0 unspecified atom stereocenters. The fraction of sp³-hybridized carbons (Fsp3) is 0.364. The largest absolute Gasteiger partial charge is 0.497 e. The molecule has 2 rings (SSSR count). The monoisotopic (exact) mass is 383 g/mol. The molecular weight excluding hydrogens is 354 g/mol. The topological polar surface area (TPSA) is 70.7 Å². The van der Waals surface area contributed by atoms with E-state index in [4.69, 9.17) is 4.74 Å². The lowest BCUT2D eigenvalue weighted by Gasteiger charge is -2.16. The van der Waals surface area contributed by atoms with E-state index in [-0.39, 0.29) is 24.9 Å². The molecule has 1 atom stereocenters. The number of carbonyl (C=O) groups is 2. The molecule has 2 N–H and O–H groups in total. The summed E-state index contributed by atoms with van der Waals surface area (Å²) in [7, 11) is 3.31. The number of methoxy groups -OCH3 is 1. The standard InChI is InChI=1S/C22H29N3O3/c1-5-16(2)17-9-11-18(12-10-17)23-21(26)14-25(3)15-22(27)24-19-7-6-8-20(13-19)28-4/h6-13,16H,5,14-15H2,1-4H3,(H,23,26)(H,24,27)/t16-/m0/s1. The van der Waals surface area contributed by atoms with Crippen LogP contribution in [0.1, 0.15) is 31.7 Å². The maximum atomic E-state index is 12.2. The van der Waals surface area contributed by atoms with Crippen LogP contribution in [-0.2, 0) is 9.59 Å². The van der Waals surface area contributed by atoms with E-state index in [9.17, 15) is 9.59 Å². The molecule has 0 aromatic heterocycles. The predicted molar refractivity (Wildman–Crippen MR) is 113 cm³/mol. The molecule has 0 aliphatic carbocycles. The molecule has 0 spiro atoms. The lowest BCUT2D eigenvalue weighted by molar-refractivity contribution is -0.119. The number of rotatable bonds is 9. The molecule has 2 aromatic carbocycles. The van der Waals surface area contributed by atoms with Crippen LogP contribution >= 0.6 is 0 Å². The van der Waals surface area contributed by atoms with E-state index >= 15 is 0 Å². The van der Waals surface area contributed by atoms with Gasteiger partial charge in [-0.2, -0.15) is 0 Å². The van der Waals surface area contributed by atoms with Crippen molar-refractivity contribution in [2.75, 3.05) is 37.9 Å². The summed E-state index contributed by atoms with van der Waals surface area (Å²) < 4.78 is 5.14. The number of hydrogen-bond donors (Lipinski definition) is 2. The number of likely N-dealkylation sites (N-methyl/N-ethyl adjacent to an activating group) is 1. The fourth-order valence-corrected chi connectivity index (χ4v) is 2.78. The first-order valence-corrected chi connectivity index (χ1v) is 9.43. The molecule has 0 saturated heterocycles. The highest BCUT2D eigenvalue weighted by Gasteiger charge is 2.12. The van der Waals surface area contributed by atoms with Gasteiger partial charge in [0.2, 0.25) is 11.8 Å². The Labute approximate surface area is 166 Å². The third-order valence-corrected chi connectivity index (χ3v) is 4.56. The SMILES string of the molecule is CC[C@H](C)c1ccc(NC(=O)CN(C)CC(=O)Nc2cccc(OC)c2)cc1. The predicted octanol–water partition coefficient (Wildman–Crippen LogP) is 3.72. The summed E-state index contributed by atoms with van der Waals surface area (Å²) in [5.74, 6) is 0.818. The van der Waals surface area contributed by atoms with Crippen molar-refractivity contribution in [1.82, 2.24) is 4.90 Å². The van der Waals surface area contributed by atoms with E-state index in [1.165, 1.54) is 5.56 Å². The Morgan fingerprint density at radius 3 is 2.18 bits per heavy atom. The van der Waals surface area contributed by atoms with Crippen LogP contribution in [0.15, 0.2) is 48.5 Å². The molecule has 6 heteroatoms. The third-order valence-electron chi connectivity index (χ3n) is 4.56. The Balaban J connectivity index is 1.80. The number of benzene rings is 2. The zero-order valence-corrected chi connectivity index (χ0v) is 17.0. The Morgan fingerprint density at radius 1 is 1.00 bits per heavy atom. The molecule has 2 amide bonds. The molecule has 2 aromatic rings. The quantitative estimate of drug-likeness (QED) is 0.692. The molecule has 6 nitrogen and oxygen atoms in total. The van der Waals surface area contributed by atoms with Crippen molar-refractivity contribution < 1.29 is 14.3 Å². The van der Waals surface area contributed by atoms with Crippen molar-refractivity contribution in [2.24, 2.45) is 0 Å². The summed E-state index contributed by atoms with van der Waals surface area (Å²) in [6.07, 6.45) is 1.08. The molecule has 0 radical (unpaired) electrons. The molecule has 0 heterocycles. The van der Waals surface area contributed by atoms with Crippen LogP contribution in [0.5, 0.6) is 5.75 Å². The average molecular weight is 383 g/mol. The van der Waals surface area contributed by atoms with Gasteiger partial charge in [-0.1, -0.05) is 32.0 Å². The fourth-order valence-electron chi connectivity index (χ4n) is 2.78. The number of hydrogen-bond acceptors (Lipinski definition) is 4. The number of carbonyl (C=O) groups excluding carboxylic acids is 2. The van der Waals surface area contributed by atoms with Crippen LogP contribution in [0.4, 0.5) is 11.4 Å². The van der Waals surface area contributed by atoms with Gasteiger partial charge in [-0.15, -0.1) is 0 Å². The minimum Gasteiger partial charge on any atom is -0.497 e. The normalized spacial score (nSPS) is 11.8. The van der Waals surface area contributed by atoms with E-state index < -0.39 is 0 Å². The zero-order valence-electron chi connectivity index (χ0n) is 17.0. The summed E-state index contributed by atoms with van der Waals surface area (Å²) in [6.45, 7) is 4.57. The van der Waals surface area contributed by atoms with Gasteiger partial charge in [0, 0.05) is 17.4 Å². The van der Waals surface area contributed by atoms with Crippen molar-refractivity contribution in [1.29, 1.82) is 0 Å². The Morgan fingerprint density at radius 2 is 1.61 bits per heavy atom. The minimum absolute atomic E-state index is 0.109. The Kier molecular flexibility index (Phi) is 8.02. The number of nitrogens with one attached hydrogen (secondary N) is 2. The Bertz CT molecular complexity index is 790. The van der Waals surface area contributed by atoms with Gasteiger partial charge in [0.05, 0.1) is 20.2 Å². The van der Waals surface area contributed by atoms with Crippen LogP contribution in [0.3, 0.4) is 0 Å². The second-order valence-electron chi connectivity index (χ2n) is 6.93. The average Bonchev–Trinajstić information content (AvgIpc) is 2.67. The van der Waals surface area contributed by atoms with Crippen LogP contribution in [0.25, 0.3) is 0 Å². The van der Waals surface area contributed by atoms with Gasteiger partial charge in [0.15, 0.2) is 0 Å². The number of ether oxygens (including phenoxy) is 1. The summed E-state index contributed by atoms with van der Waals surface area (Å²) in [6, 6.07) is 15.0. The summed E-state index contributed by atoms with van der Waals surface area (Å²) in [5, 5.41) is 5.67. The number of anilines is 2. The summed E-state index contributed by atoms with van der Waals surface area (Å²) >= 11 is 0. The molecular formula is C22H29N3O3. The van der Waals surface area contributed by atoms with Gasteiger partial charge in [0.25, 0.3) is 0 Å². The lowest BCUT2D eigenvalue weighted by Crippen LogP contribution is -2.36. The summed E-state index contributed by atoms with van der Waals surface area (Å²) in [5.41, 5.74) is 2.67. The van der Waals surface area contributed by atoms with Crippen molar-refractivity contribution in [3.8, 4) is 5.75 Å². The van der Waals surface area contributed by atoms with Crippen molar-refractivity contribution >= 4 is 23.2 Å². The van der Waals surface area contributed by atoms with E-state index in [2.05, 4.69) is 24.5 Å². The first kappa shape index (κ1) is 21.4. The second kappa shape index (κ2) is 10.5. The maximum absolute atomic E-state index is 12.2. The van der Waals surface area contributed by atoms with E-state index in [0.717, 1.165) is 12.1 Å². The van der Waals surface area contributed by atoms with Crippen LogP contribution < -0.4 is 15.4 Å². The maximum Gasteiger partial charge on any atom is 0.238 e. The first-order chi connectivity index (χ1) is 13.4. The first-order valence-electron chi connectivity index (χ1n) is 9.43.